The zero-order valence-corrected chi connectivity index (χ0v) is 7.61. The number of nitrogens with zero attached hydrogens (tertiary/aromatic N) is 2. The molecule has 0 fully saturated rings. The van der Waals surface area contributed by atoms with E-state index in [-0.39, 0.29) is 0 Å². The average molecular weight is 177 g/mol. The Balaban J connectivity index is 2.76. The van der Waals surface area contributed by atoms with Gasteiger partial charge in [0, 0.05) is 12.4 Å². The minimum Gasteiger partial charge on any atom is -0.495 e. The quantitative estimate of drug-likeness (QED) is 0.665. The largest absolute Gasteiger partial charge is 0.495 e. The van der Waals surface area contributed by atoms with Gasteiger partial charge in [0.2, 0.25) is 0 Å². The Hall–Kier alpha value is -1.71. The molecule has 0 unspecified atom stereocenters. The van der Waals surface area contributed by atoms with Crippen molar-refractivity contribution in [2.24, 2.45) is 7.05 Å². The number of rotatable bonds is 1. The lowest BCUT2D eigenvalue weighted by Crippen LogP contribution is -1.94. The highest BCUT2D eigenvalue weighted by Gasteiger charge is 2.04. The summed E-state index contributed by atoms with van der Waals surface area (Å²) in [5, 5.41) is 5.15. The van der Waals surface area contributed by atoms with E-state index in [0.717, 1.165) is 10.9 Å². The van der Waals surface area contributed by atoms with E-state index >= 15 is 0 Å². The number of benzene rings is 1. The van der Waals surface area contributed by atoms with Crippen molar-refractivity contribution in [3.8, 4) is 5.75 Å². The SMILES string of the molecule is COc1cc2cnn(C)c2cc1N. The lowest BCUT2D eigenvalue weighted by atomic mass is 10.2. The van der Waals surface area contributed by atoms with Crippen molar-refractivity contribution in [3.05, 3.63) is 18.3 Å². The summed E-state index contributed by atoms with van der Waals surface area (Å²) in [7, 11) is 3.49. The molecule has 0 aliphatic heterocycles. The third-order valence-electron chi connectivity index (χ3n) is 2.10. The van der Waals surface area contributed by atoms with E-state index in [2.05, 4.69) is 5.10 Å². The third kappa shape index (κ3) is 1.11. The molecule has 4 heteroatoms. The zero-order chi connectivity index (χ0) is 9.42. The highest BCUT2D eigenvalue weighted by atomic mass is 16.5. The molecule has 0 aliphatic carbocycles. The molecule has 0 saturated carbocycles. The number of hydrogen-bond acceptors (Lipinski definition) is 3. The number of fused-ring (bicyclic) bond motifs is 1. The molecule has 2 rings (SSSR count). The molecule has 0 atom stereocenters. The van der Waals surface area contributed by atoms with E-state index in [1.807, 2.05) is 19.2 Å². The summed E-state index contributed by atoms with van der Waals surface area (Å²) in [6.07, 6.45) is 1.79. The molecule has 0 aliphatic rings. The van der Waals surface area contributed by atoms with Crippen molar-refractivity contribution in [1.29, 1.82) is 0 Å². The van der Waals surface area contributed by atoms with Gasteiger partial charge in [0.25, 0.3) is 0 Å². The van der Waals surface area contributed by atoms with Crippen molar-refractivity contribution < 1.29 is 4.74 Å². The molecule has 1 aromatic carbocycles. The molecular weight excluding hydrogens is 166 g/mol. The Morgan fingerprint density at radius 1 is 1.46 bits per heavy atom. The second kappa shape index (κ2) is 2.65. The topological polar surface area (TPSA) is 53.1 Å². The first-order chi connectivity index (χ1) is 6.22. The maximum absolute atomic E-state index is 5.76. The van der Waals surface area contributed by atoms with Crippen LogP contribution in [0, 0.1) is 0 Å². The number of anilines is 1. The summed E-state index contributed by atoms with van der Waals surface area (Å²) < 4.78 is 6.88. The van der Waals surface area contributed by atoms with E-state index in [0.29, 0.717) is 11.4 Å². The fraction of sp³-hybridized carbons (Fsp3) is 0.222. The Morgan fingerprint density at radius 2 is 2.23 bits per heavy atom. The third-order valence-corrected chi connectivity index (χ3v) is 2.10. The summed E-state index contributed by atoms with van der Waals surface area (Å²) in [4.78, 5) is 0. The number of methoxy groups -OCH3 is 1. The molecule has 0 spiro atoms. The van der Waals surface area contributed by atoms with Crippen molar-refractivity contribution in [1.82, 2.24) is 9.78 Å². The van der Waals surface area contributed by atoms with Crippen LogP contribution in [0.15, 0.2) is 18.3 Å². The maximum atomic E-state index is 5.76. The number of aryl methyl sites for hydroxylation is 1. The van der Waals surface area contributed by atoms with Gasteiger partial charge in [-0.1, -0.05) is 0 Å². The fourth-order valence-electron chi connectivity index (χ4n) is 1.37. The van der Waals surface area contributed by atoms with Gasteiger partial charge in [-0.2, -0.15) is 5.10 Å². The highest BCUT2D eigenvalue weighted by molar-refractivity contribution is 5.85. The van der Waals surface area contributed by atoms with E-state index in [1.54, 1.807) is 18.0 Å². The summed E-state index contributed by atoms with van der Waals surface area (Å²) in [6.45, 7) is 0. The second-order valence-electron chi connectivity index (χ2n) is 2.92. The van der Waals surface area contributed by atoms with E-state index < -0.39 is 0 Å². The van der Waals surface area contributed by atoms with Crippen LogP contribution in [-0.2, 0) is 7.05 Å². The summed E-state index contributed by atoms with van der Waals surface area (Å²) in [5.41, 5.74) is 7.41. The first kappa shape index (κ1) is 7.91. The normalized spacial score (nSPS) is 10.6. The van der Waals surface area contributed by atoms with E-state index in [9.17, 15) is 0 Å². The molecule has 0 amide bonds. The van der Waals surface area contributed by atoms with Gasteiger partial charge in [0.1, 0.15) is 5.75 Å². The number of hydrogen-bond donors (Lipinski definition) is 1. The minimum absolute atomic E-state index is 0.638. The Labute approximate surface area is 75.9 Å². The average Bonchev–Trinajstić information content (AvgIpc) is 2.47. The lowest BCUT2D eigenvalue weighted by molar-refractivity contribution is 0.417. The fourth-order valence-corrected chi connectivity index (χ4v) is 1.37. The molecule has 2 N–H and O–H groups in total. The van der Waals surface area contributed by atoms with Gasteiger partial charge in [0.05, 0.1) is 24.5 Å². The first-order valence-electron chi connectivity index (χ1n) is 3.97. The standard InChI is InChI=1S/C9H11N3O/c1-12-8-4-7(10)9(13-2)3-6(8)5-11-12/h3-5H,10H2,1-2H3. The molecule has 1 aromatic heterocycles. The molecule has 0 radical (unpaired) electrons. The Kier molecular flexibility index (Phi) is 1.62. The number of nitrogens with two attached hydrogens (primary N) is 1. The monoisotopic (exact) mass is 177 g/mol. The first-order valence-corrected chi connectivity index (χ1v) is 3.97. The Morgan fingerprint density at radius 3 is 2.92 bits per heavy atom. The van der Waals surface area contributed by atoms with Gasteiger partial charge in [-0.25, -0.2) is 0 Å². The molecule has 0 bridgehead atoms. The Bertz CT molecular complexity index is 447. The van der Waals surface area contributed by atoms with Gasteiger partial charge in [-0.05, 0) is 12.1 Å². The molecule has 0 saturated heterocycles. The van der Waals surface area contributed by atoms with Gasteiger partial charge >= 0.3 is 0 Å². The van der Waals surface area contributed by atoms with Crippen LogP contribution < -0.4 is 10.5 Å². The van der Waals surface area contributed by atoms with Gasteiger partial charge in [0.15, 0.2) is 0 Å². The van der Waals surface area contributed by atoms with Crippen LogP contribution in [0.3, 0.4) is 0 Å². The van der Waals surface area contributed by atoms with Crippen LogP contribution in [0.2, 0.25) is 0 Å². The van der Waals surface area contributed by atoms with Crippen LogP contribution in [0.1, 0.15) is 0 Å². The maximum Gasteiger partial charge on any atom is 0.142 e. The van der Waals surface area contributed by atoms with Gasteiger partial charge in [-0.3, -0.25) is 4.68 Å². The lowest BCUT2D eigenvalue weighted by Gasteiger charge is -2.04. The number of aromatic nitrogens is 2. The van der Waals surface area contributed by atoms with Crippen LogP contribution in [0.5, 0.6) is 5.75 Å². The van der Waals surface area contributed by atoms with Gasteiger partial charge in [-0.15, -0.1) is 0 Å². The molecule has 2 aromatic rings. The van der Waals surface area contributed by atoms with Crippen LogP contribution in [-0.4, -0.2) is 16.9 Å². The summed E-state index contributed by atoms with van der Waals surface area (Å²) in [6, 6.07) is 3.75. The highest BCUT2D eigenvalue weighted by Crippen LogP contribution is 2.26. The van der Waals surface area contributed by atoms with Crippen LogP contribution in [0.25, 0.3) is 10.9 Å². The number of ether oxygens (including phenoxy) is 1. The smallest absolute Gasteiger partial charge is 0.142 e. The van der Waals surface area contributed by atoms with E-state index in [4.69, 9.17) is 10.5 Å². The summed E-state index contributed by atoms with van der Waals surface area (Å²) in [5.74, 6) is 0.695. The van der Waals surface area contributed by atoms with Crippen LogP contribution in [0.4, 0.5) is 5.69 Å². The molecule has 4 nitrogen and oxygen atoms in total. The summed E-state index contributed by atoms with van der Waals surface area (Å²) >= 11 is 0. The second-order valence-corrected chi connectivity index (χ2v) is 2.92. The molecule has 68 valence electrons. The predicted octanol–water partition coefficient (Wildman–Crippen LogP) is 1.16. The van der Waals surface area contributed by atoms with Crippen molar-refractivity contribution >= 4 is 16.6 Å². The molecular formula is C9H11N3O. The molecule has 1 heterocycles. The number of nitrogen functional groups attached to an aromatic ring is 1. The predicted molar refractivity (Wildman–Crippen MR) is 51.7 cm³/mol. The zero-order valence-electron chi connectivity index (χ0n) is 7.61. The van der Waals surface area contributed by atoms with Crippen molar-refractivity contribution in [3.63, 3.8) is 0 Å². The minimum atomic E-state index is 0.638. The molecule has 13 heavy (non-hydrogen) atoms. The van der Waals surface area contributed by atoms with E-state index in [1.165, 1.54) is 0 Å². The van der Waals surface area contributed by atoms with Crippen molar-refractivity contribution in [2.45, 2.75) is 0 Å². The van der Waals surface area contributed by atoms with Crippen molar-refractivity contribution in [2.75, 3.05) is 12.8 Å². The van der Waals surface area contributed by atoms with Crippen LogP contribution >= 0.6 is 0 Å². The van der Waals surface area contributed by atoms with Gasteiger partial charge < -0.3 is 10.5 Å².